The zero-order valence-corrected chi connectivity index (χ0v) is 10.9. The second-order valence-electron chi connectivity index (χ2n) is 4.40. The number of ether oxygens (including phenoxy) is 1. The molecule has 0 aliphatic rings. The van der Waals surface area contributed by atoms with Crippen LogP contribution in [0.2, 0.25) is 0 Å². The van der Waals surface area contributed by atoms with Gasteiger partial charge in [0.05, 0.1) is 13.2 Å². The van der Waals surface area contributed by atoms with Crippen LogP contribution in [0.25, 0.3) is 0 Å². The van der Waals surface area contributed by atoms with Gasteiger partial charge in [-0.2, -0.15) is 0 Å². The maximum atomic E-state index is 8.75. The number of aryl methyl sites for hydroxylation is 1. The van der Waals surface area contributed by atoms with Crippen molar-refractivity contribution in [2.45, 2.75) is 19.8 Å². The van der Waals surface area contributed by atoms with Gasteiger partial charge in [-0.3, -0.25) is 0 Å². The van der Waals surface area contributed by atoms with Crippen molar-refractivity contribution in [1.82, 2.24) is 4.90 Å². The van der Waals surface area contributed by atoms with Gasteiger partial charge in [0.1, 0.15) is 5.75 Å². The summed E-state index contributed by atoms with van der Waals surface area (Å²) >= 11 is 0. The fourth-order valence-electron chi connectivity index (χ4n) is 1.66. The van der Waals surface area contributed by atoms with E-state index in [1.54, 1.807) is 0 Å². The van der Waals surface area contributed by atoms with Gasteiger partial charge < -0.3 is 14.7 Å². The number of aliphatic hydroxyl groups excluding tert-OH is 1. The Morgan fingerprint density at radius 3 is 2.76 bits per heavy atom. The zero-order chi connectivity index (χ0) is 12.5. The second kappa shape index (κ2) is 8.09. The fraction of sp³-hybridized carbons (Fsp3) is 0.571. The Hall–Kier alpha value is -1.06. The Morgan fingerprint density at radius 2 is 2.06 bits per heavy atom. The van der Waals surface area contributed by atoms with E-state index in [2.05, 4.69) is 24.0 Å². The van der Waals surface area contributed by atoms with Gasteiger partial charge >= 0.3 is 0 Å². The predicted octanol–water partition coefficient (Wildman–Crippen LogP) is 2.08. The summed E-state index contributed by atoms with van der Waals surface area (Å²) < 4.78 is 5.66. The minimum absolute atomic E-state index is 0.232. The SMILES string of the molecule is Cc1cccc(OCCCCN(C)CCO)c1. The number of hydrogen-bond acceptors (Lipinski definition) is 3. The molecule has 1 N–H and O–H groups in total. The van der Waals surface area contributed by atoms with Gasteiger partial charge in [0.25, 0.3) is 0 Å². The number of likely N-dealkylation sites (N-methyl/N-ethyl adjacent to an activating group) is 1. The highest BCUT2D eigenvalue weighted by Crippen LogP contribution is 2.12. The standard InChI is InChI=1S/C14H23NO2/c1-13-6-5-7-14(12-13)17-11-4-3-8-15(2)9-10-16/h5-7,12,16H,3-4,8-11H2,1-2H3. The molecule has 17 heavy (non-hydrogen) atoms. The first-order chi connectivity index (χ1) is 8.22. The highest BCUT2D eigenvalue weighted by atomic mass is 16.5. The molecule has 0 fully saturated rings. The van der Waals surface area contributed by atoms with E-state index in [1.807, 2.05) is 19.2 Å². The van der Waals surface area contributed by atoms with Gasteiger partial charge in [-0.05, 0) is 51.1 Å². The summed E-state index contributed by atoms with van der Waals surface area (Å²) in [7, 11) is 2.03. The molecule has 0 heterocycles. The Morgan fingerprint density at radius 1 is 1.24 bits per heavy atom. The Labute approximate surface area is 104 Å². The van der Waals surface area contributed by atoms with E-state index in [0.717, 1.165) is 38.3 Å². The lowest BCUT2D eigenvalue weighted by molar-refractivity contribution is 0.215. The lowest BCUT2D eigenvalue weighted by atomic mass is 10.2. The van der Waals surface area contributed by atoms with Gasteiger partial charge in [-0.15, -0.1) is 0 Å². The number of aliphatic hydroxyl groups is 1. The largest absolute Gasteiger partial charge is 0.494 e. The fourth-order valence-corrected chi connectivity index (χ4v) is 1.66. The molecule has 0 saturated heterocycles. The number of rotatable bonds is 8. The molecule has 0 saturated carbocycles. The summed E-state index contributed by atoms with van der Waals surface area (Å²) in [5.74, 6) is 0.953. The van der Waals surface area contributed by atoms with E-state index in [4.69, 9.17) is 9.84 Å². The molecule has 0 aliphatic carbocycles. The first kappa shape index (κ1) is 14.0. The Bertz CT molecular complexity index is 315. The van der Waals surface area contributed by atoms with Gasteiger partial charge in [-0.25, -0.2) is 0 Å². The molecular weight excluding hydrogens is 214 g/mol. The van der Waals surface area contributed by atoms with Crippen molar-refractivity contribution in [3.63, 3.8) is 0 Å². The molecule has 0 atom stereocenters. The Kier molecular flexibility index (Phi) is 6.67. The topological polar surface area (TPSA) is 32.7 Å². The lowest BCUT2D eigenvalue weighted by Gasteiger charge is -2.14. The molecule has 0 aliphatic heterocycles. The van der Waals surface area contributed by atoms with Crippen molar-refractivity contribution in [3.05, 3.63) is 29.8 Å². The summed E-state index contributed by atoms with van der Waals surface area (Å²) in [6.45, 7) is 4.82. The molecule has 3 nitrogen and oxygen atoms in total. The zero-order valence-electron chi connectivity index (χ0n) is 10.9. The van der Waals surface area contributed by atoms with Crippen molar-refractivity contribution >= 4 is 0 Å². The van der Waals surface area contributed by atoms with Crippen molar-refractivity contribution in [1.29, 1.82) is 0 Å². The first-order valence-electron chi connectivity index (χ1n) is 6.21. The van der Waals surface area contributed by atoms with Crippen molar-refractivity contribution < 1.29 is 9.84 Å². The van der Waals surface area contributed by atoms with Crippen LogP contribution in [0.15, 0.2) is 24.3 Å². The maximum Gasteiger partial charge on any atom is 0.119 e. The van der Waals surface area contributed by atoms with Gasteiger partial charge in [0.2, 0.25) is 0 Å². The lowest BCUT2D eigenvalue weighted by Crippen LogP contribution is -2.23. The van der Waals surface area contributed by atoms with Gasteiger partial charge in [-0.1, -0.05) is 12.1 Å². The molecule has 1 aromatic rings. The average Bonchev–Trinajstić information content (AvgIpc) is 2.29. The van der Waals surface area contributed by atoms with Crippen LogP contribution in [0.5, 0.6) is 5.75 Å². The molecule has 1 aromatic carbocycles. The molecule has 0 radical (unpaired) electrons. The van der Waals surface area contributed by atoms with Crippen LogP contribution in [0.1, 0.15) is 18.4 Å². The molecule has 1 rings (SSSR count). The van der Waals surface area contributed by atoms with Crippen LogP contribution in [-0.4, -0.2) is 43.4 Å². The van der Waals surface area contributed by atoms with Crippen molar-refractivity contribution in [3.8, 4) is 5.75 Å². The second-order valence-corrected chi connectivity index (χ2v) is 4.40. The minimum atomic E-state index is 0.232. The van der Waals surface area contributed by atoms with Crippen LogP contribution in [0.3, 0.4) is 0 Å². The third kappa shape index (κ3) is 6.29. The highest BCUT2D eigenvalue weighted by molar-refractivity contribution is 5.27. The summed E-state index contributed by atoms with van der Waals surface area (Å²) in [6.07, 6.45) is 2.14. The summed E-state index contributed by atoms with van der Waals surface area (Å²) in [5, 5.41) is 8.75. The van der Waals surface area contributed by atoms with E-state index in [1.165, 1.54) is 5.56 Å². The molecule has 0 amide bonds. The highest BCUT2D eigenvalue weighted by Gasteiger charge is 1.97. The van der Waals surface area contributed by atoms with E-state index in [0.29, 0.717) is 0 Å². The van der Waals surface area contributed by atoms with Crippen molar-refractivity contribution in [2.75, 3.05) is 33.4 Å². The predicted molar refractivity (Wildman–Crippen MR) is 70.5 cm³/mol. The third-order valence-corrected chi connectivity index (χ3v) is 2.67. The van der Waals surface area contributed by atoms with Crippen molar-refractivity contribution in [2.24, 2.45) is 0 Å². The number of benzene rings is 1. The van der Waals surface area contributed by atoms with Crippen LogP contribution in [-0.2, 0) is 0 Å². The molecular formula is C14H23NO2. The molecule has 96 valence electrons. The van der Waals surface area contributed by atoms with Crippen LogP contribution in [0.4, 0.5) is 0 Å². The van der Waals surface area contributed by atoms with Crippen LogP contribution < -0.4 is 4.74 Å². The third-order valence-electron chi connectivity index (χ3n) is 2.67. The molecule has 0 aromatic heterocycles. The van der Waals surface area contributed by atoms with E-state index >= 15 is 0 Å². The van der Waals surface area contributed by atoms with Gasteiger partial charge in [0.15, 0.2) is 0 Å². The number of unbranched alkanes of at least 4 members (excludes halogenated alkanes) is 1. The molecule has 3 heteroatoms. The number of nitrogens with zero attached hydrogens (tertiary/aromatic N) is 1. The van der Waals surface area contributed by atoms with Crippen LogP contribution in [0, 0.1) is 6.92 Å². The molecule has 0 bridgehead atoms. The average molecular weight is 237 g/mol. The maximum absolute atomic E-state index is 8.75. The van der Waals surface area contributed by atoms with E-state index < -0.39 is 0 Å². The first-order valence-corrected chi connectivity index (χ1v) is 6.21. The van der Waals surface area contributed by atoms with E-state index in [9.17, 15) is 0 Å². The summed E-state index contributed by atoms with van der Waals surface area (Å²) in [4.78, 5) is 2.13. The normalized spacial score (nSPS) is 10.8. The Balaban J connectivity index is 2.08. The van der Waals surface area contributed by atoms with E-state index in [-0.39, 0.29) is 6.61 Å². The quantitative estimate of drug-likeness (QED) is 0.703. The number of hydrogen-bond donors (Lipinski definition) is 1. The molecule has 0 unspecified atom stereocenters. The summed E-state index contributed by atoms with van der Waals surface area (Å²) in [5.41, 5.74) is 1.23. The minimum Gasteiger partial charge on any atom is -0.494 e. The summed E-state index contributed by atoms with van der Waals surface area (Å²) in [6, 6.07) is 8.12. The smallest absolute Gasteiger partial charge is 0.119 e. The molecule has 0 spiro atoms. The van der Waals surface area contributed by atoms with Crippen LogP contribution >= 0.6 is 0 Å². The van der Waals surface area contributed by atoms with Gasteiger partial charge in [0, 0.05) is 6.54 Å². The monoisotopic (exact) mass is 237 g/mol.